The number of carboxylic acid groups (broad SMARTS) is 2. The van der Waals surface area contributed by atoms with Crippen molar-refractivity contribution in [3.05, 3.63) is 71.8 Å². The Kier molecular flexibility index (Phi) is 12.3. The Hall–Kier alpha value is -3.27. The van der Waals surface area contributed by atoms with Crippen molar-refractivity contribution in [1.29, 1.82) is 0 Å². The van der Waals surface area contributed by atoms with Crippen LogP contribution in [0.1, 0.15) is 36.5 Å². The summed E-state index contributed by atoms with van der Waals surface area (Å²) in [5.41, 5.74) is 17.5. The number of benzene rings is 2. The Balaban J connectivity index is 0.000000433. The molecule has 3 atom stereocenters. The topological polar surface area (TPSA) is 179 Å². The summed E-state index contributed by atoms with van der Waals surface area (Å²) in [6, 6.07) is 15.9. The molecule has 0 saturated carbocycles. The molecule has 32 heavy (non-hydrogen) atoms. The highest BCUT2D eigenvalue weighted by Crippen LogP contribution is 2.18. The fraction of sp³-hybridized carbons (Fsp3) is 0.348. The molecule has 0 saturated heterocycles. The van der Waals surface area contributed by atoms with Gasteiger partial charge in [0.05, 0.1) is 0 Å². The van der Waals surface area contributed by atoms with E-state index in [0.717, 1.165) is 18.4 Å². The fourth-order valence-corrected chi connectivity index (χ4v) is 2.68. The van der Waals surface area contributed by atoms with Crippen LogP contribution in [0, 0.1) is 0 Å². The molecule has 2 aromatic carbocycles. The summed E-state index contributed by atoms with van der Waals surface area (Å²) in [6.45, 7) is 0.604. The van der Waals surface area contributed by atoms with Crippen LogP contribution >= 0.6 is 0 Å². The summed E-state index contributed by atoms with van der Waals surface area (Å²) in [5, 5.41) is 17.6. The van der Waals surface area contributed by atoms with Gasteiger partial charge in [-0.2, -0.15) is 0 Å². The third kappa shape index (κ3) is 10.2. The number of hydrogen-bond donors (Lipinski definition) is 5. The highest BCUT2D eigenvalue weighted by Gasteiger charge is 2.27. The lowest BCUT2D eigenvalue weighted by Crippen LogP contribution is -2.36. The molecule has 0 aliphatic carbocycles. The van der Waals surface area contributed by atoms with Crippen molar-refractivity contribution in [2.45, 2.75) is 43.9 Å². The molecule has 0 aliphatic rings. The van der Waals surface area contributed by atoms with E-state index in [4.69, 9.17) is 27.0 Å². The first-order chi connectivity index (χ1) is 15.3. The molecule has 0 aromatic heterocycles. The Morgan fingerprint density at radius 3 is 1.88 bits per heavy atom. The second-order valence-electron chi connectivity index (χ2n) is 7.09. The van der Waals surface area contributed by atoms with E-state index in [1.165, 1.54) is 0 Å². The molecule has 0 bridgehead atoms. The van der Waals surface area contributed by atoms with Gasteiger partial charge in [-0.3, -0.25) is 9.59 Å². The molecule has 9 nitrogen and oxygen atoms in total. The van der Waals surface area contributed by atoms with Crippen molar-refractivity contribution < 1.29 is 29.3 Å². The molecule has 9 heteroatoms. The minimum Gasteiger partial charge on any atom is -0.480 e. The lowest BCUT2D eigenvalue weighted by atomic mass is 10.1. The molecule has 0 spiro atoms. The number of rotatable bonds is 11. The van der Waals surface area contributed by atoms with Gasteiger partial charge in [-0.15, -0.1) is 0 Å². The van der Waals surface area contributed by atoms with Gasteiger partial charge in [-0.05, 0) is 31.4 Å². The van der Waals surface area contributed by atoms with Crippen LogP contribution in [0.5, 0.6) is 0 Å². The van der Waals surface area contributed by atoms with E-state index in [-0.39, 0.29) is 0 Å². The van der Waals surface area contributed by atoms with Crippen LogP contribution in [-0.4, -0.2) is 46.7 Å². The van der Waals surface area contributed by atoms with Crippen molar-refractivity contribution in [3.63, 3.8) is 0 Å². The Morgan fingerprint density at radius 1 is 0.812 bits per heavy atom. The normalized spacial score (nSPS) is 13.1. The van der Waals surface area contributed by atoms with E-state index < -0.39 is 36.1 Å². The van der Waals surface area contributed by atoms with E-state index >= 15 is 0 Å². The third-order valence-corrected chi connectivity index (χ3v) is 4.45. The molecule has 2 rings (SSSR count). The minimum absolute atomic E-state index is 0.292. The number of ether oxygens (including phenoxy) is 1. The van der Waals surface area contributed by atoms with Gasteiger partial charge < -0.3 is 32.2 Å². The number of aliphatic carboxylic acids is 2. The second kappa shape index (κ2) is 14.7. The number of nitrogens with two attached hydrogens (primary N) is 3. The maximum absolute atomic E-state index is 12.0. The highest BCUT2D eigenvalue weighted by atomic mass is 16.6. The summed E-state index contributed by atoms with van der Waals surface area (Å²) in [5.74, 6) is -2.90. The molecule has 8 N–H and O–H groups in total. The average molecular weight is 446 g/mol. The predicted molar refractivity (Wildman–Crippen MR) is 120 cm³/mol. The van der Waals surface area contributed by atoms with Gasteiger partial charge in [0.25, 0.3) is 0 Å². The Bertz CT molecular complexity index is 832. The molecule has 1 unspecified atom stereocenters. The van der Waals surface area contributed by atoms with Crippen LogP contribution < -0.4 is 17.2 Å². The first-order valence-electron chi connectivity index (χ1n) is 10.2. The van der Waals surface area contributed by atoms with E-state index in [9.17, 15) is 19.5 Å². The largest absolute Gasteiger partial charge is 0.480 e. The number of unbranched alkanes of at least 4 members (excludes halogenated alkanes) is 1. The number of carbonyl (C=O) groups is 3. The number of carboxylic acids is 2. The minimum atomic E-state index is -1.35. The van der Waals surface area contributed by atoms with Crippen LogP contribution in [0.3, 0.4) is 0 Å². The quantitative estimate of drug-likeness (QED) is 0.253. The monoisotopic (exact) mass is 445 g/mol. The Labute approximate surface area is 187 Å². The van der Waals surface area contributed by atoms with Crippen LogP contribution in [0.2, 0.25) is 0 Å². The lowest BCUT2D eigenvalue weighted by molar-refractivity contribution is -0.165. The van der Waals surface area contributed by atoms with Crippen LogP contribution in [-0.2, 0) is 25.5 Å². The van der Waals surface area contributed by atoms with Gasteiger partial charge >= 0.3 is 17.9 Å². The number of carbonyl (C=O) groups excluding carboxylic acids is 1. The maximum atomic E-state index is 12.0. The number of hydrogen-bond acceptors (Lipinski definition) is 7. The standard InChI is InChI=1S/C17H17NO4.C6H14N2O2/c18-14(11-12-7-3-1-4-8-12)17(21)22-15(16(19)20)13-9-5-2-6-10-13;7-4-2-1-3-5(8)6(9)10/h1-10,14-15H,11,18H2,(H,19,20);5H,1-4,7-8H2,(H,9,10)/t14-,15?;5-/m00/s1. The van der Waals surface area contributed by atoms with Gasteiger partial charge in [-0.25, -0.2) is 4.79 Å². The van der Waals surface area contributed by atoms with Gasteiger partial charge in [0.15, 0.2) is 0 Å². The highest BCUT2D eigenvalue weighted by molar-refractivity contribution is 5.82. The average Bonchev–Trinajstić information content (AvgIpc) is 2.78. The maximum Gasteiger partial charge on any atom is 0.349 e. The van der Waals surface area contributed by atoms with E-state index in [1.54, 1.807) is 30.3 Å². The van der Waals surface area contributed by atoms with Crippen molar-refractivity contribution >= 4 is 17.9 Å². The summed E-state index contributed by atoms with van der Waals surface area (Å²) in [7, 11) is 0. The first kappa shape index (κ1) is 26.8. The third-order valence-electron chi connectivity index (χ3n) is 4.45. The molecular weight excluding hydrogens is 414 g/mol. The molecule has 0 radical (unpaired) electrons. The van der Waals surface area contributed by atoms with Crippen molar-refractivity contribution in [2.24, 2.45) is 17.2 Å². The van der Waals surface area contributed by atoms with Gasteiger partial charge in [0.1, 0.15) is 12.1 Å². The predicted octanol–water partition coefficient (Wildman–Crippen LogP) is 1.45. The molecule has 174 valence electrons. The van der Waals surface area contributed by atoms with E-state index in [1.807, 2.05) is 30.3 Å². The van der Waals surface area contributed by atoms with Gasteiger partial charge in [0.2, 0.25) is 6.10 Å². The summed E-state index contributed by atoms with van der Waals surface area (Å²) >= 11 is 0. The van der Waals surface area contributed by atoms with Gasteiger partial charge in [-0.1, -0.05) is 67.1 Å². The summed E-state index contributed by atoms with van der Waals surface area (Å²) in [4.78, 5) is 33.5. The zero-order chi connectivity index (χ0) is 23.9. The van der Waals surface area contributed by atoms with Crippen molar-refractivity contribution in [3.8, 4) is 0 Å². The summed E-state index contributed by atoms with van der Waals surface area (Å²) < 4.78 is 5.07. The van der Waals surface area contributed by atoms with Crippen molar-refractivity contribution in [1.82, 2.24) is 0 Å². The molecular formula is C23H31N3O6. The van der Waals surface area contributed by atoms with Crippen molar-refractivity contribution in [2.75, 3.05) is 6.54 Å². The SMILES string of the molecule is NCCCC[C@H](N)C(=O)O.N[C@@H](Cc1ccccc1)C(=O)OC(C(=O)O)c1ccccc1. The van der Waals surface area contributed by atoms with Gasteiger partial charge in [0, 0.05) is 5.56 Å². The molecule has 0 heterocycles. The number of esters is 1. The Morgan fingerprint density at radius 2 is 1.38 bits per heavy atom. The second-order valence-corrected chi connectivity index (χ2v) is 7.09. The van der Waals surface area contributed by atoms with E-state index in [0.29, 0.717) is 24.9 Å². The molecule has 2 aromatic rings. The summed E-state index contributed by atoms with van der Waals surface area (Å²) in [6.07, 6.45) is 1.11. The van der Waals surface area contributed by atoms with Crippen LogP contribution in [0.4, 0.5) is 0 Å². The smallest absolute Gasteiger partial charge is 0.349 e. The van der Waals surface area contributed by atoms with Crippen LogP contribution in [0.15, 0.2) is 60.7 Å². The molecule has 0 amide bonds. The van der Waals surface area contributed by atoms with E-state index in [2.05, 4.69) is 0 Å². The van der Waals surface area contributed by atoms with Crippen LogP contribution in [0.25, 0.3) is 0 Å². The first-order valence-corrected chi connectivity index (χ1v) is 10.2. The zero-order valence-corrected chi connectivity index (χ0v) is 17.8. The zero-order valence-electron chi connectivity index (χ0n) is 17.8. The molecule has 0 aliphatic heterocycles. The molecule has 0 fully saturated rings. The fourth-order valence-electron chi connectivity index (χ4n) is 2.68. The lowest BCUT2D eigenvalue weighted by Gasteiger charge is -2.17.